The number of rotatable bonds is 4. The number of aryl methyl sites for hydroxylation is 2. The van der Waals surface area contributed by atoms with Crippen molar-refractivity contribution in [1.82, 2.24) is 0 Å². The molecule has 112 valence electrons. The van der Waals surface area contributed by atoms with Crippen LogP contribution in [0.4, 0.5) is 5.69 Å². The lowest BCUT2D eigenvalue weighted by Crippen LogP contribution is -2.26. The Bertz CT molecular complexity index is 755. The second-order valence-corrected chi connectivity index (χ2v) is 7.77. The molecule has 2 rings (SSSR count). The van der Waals surface area contributed by atoms with Crippen LogP contribution in [0.3, 0.4) is 0 Å². The smallest absolute Gasteiger partial charge is 0.264 e. The average molecular weight is 321 g/mol. The highest BCUT2D eigenvalue weighted by molar-refractivity contribution is 7.98. The van der Waals surface area contributed by atoms with E-state index in [0.29, 0.717) is 10.6 Å². The van der Waals surface area contributed by atoms with Gasteiger partial charge >= 0.3 is 0 Å². The van der Waals surface area contributed by atoms with Gasteiger partial charge in [0.05, 0.1) is 10.6 Å². The summed E-state index contributed by atoms with van der Waals surface area (Å²) in [5, 5.41) is 0. The van der Waals surface area contributed by atoms with Crippen LogP contribution in [-0.4, -0.2) is 21.7 Å². The van der Waals surface area contributed by atoms with Crippen molar-refractivity contribution < 1.29 is 8.42 Å². The maximum absolute atomic E-state index is 12.7. The van der Waals surface area contributed by atoms with Gasteiger partial charge in [-0.25, -0.2) is 8.42 Å². The van der Waals surface area contributed by atoms with Crippen molar-refractivity contribution in [1.29, 1.82) is 0 Å². The number of sulfonamides is 1. The highest BCUT2D eigenvalue weighted by Crippen LogP contribution is 2.26. The molecule has 0 saturated carbocycles. The summed E-state index contributed by atoms with van der Waals surface area (Å²) in [6.07, 6.45) is 1.97. The van der Waals surface area contributed by atoms with Gasteiger partial charge in [-0.15, -0.1) is 11.8 Å². The molecule has 0 aromatic heterocycles. The number of hydrogen-bond acceptors (Lipinski definition) is 3. The molecule has 21 heavy (non-hydrogen) atoms. The number of thioether (sulfide) groups is 1. The Hall–Kier alpha value is -1.46. The van der Waals surface area contributed by atoms with Gasteiger partial charge < -0.3 is 0 Å². The van der Waals surface area contributed by atoms with E-state index in [1.54, 1.807) is 37.0 Å². The maximum Gasteiger partial charge on any atom is 0.264 e. The molecule has 0 atom stereocenters. The predicted octanol–water partition coefficient (Wildman–Crippen LogP) is 3.85. The topological polar surface area (TPSA) is 37.4 Å². The quantitative estimate of drug-likeness (QED) is 0.803. The Morgan fingerprint density at radius 3 is 2.33 bits per heavy atom. The van der Waals surface area contributed by atoms with Crippen molar-refractivity contribution >= 4 is 27.5 Å². The Balaban J connectivity index is 2.44. The predicted molar refractivity (Wildman–Crippen MR) is 89.7 cm³/mol. The van der Waals surface area contributed by atoms with Crippen LogP contribution in [0.15, 0.2) is 52.3 Å². The lowest BCUT2D eigenvalue weighted by Gasteiger charge is -2.20. The van der Waals surface area contributed by atoms with Gasteiger partial charge in [0, 0.05) is 11.9 Å². The van der Waals surface area contributed by atoms with E-state index >= 15 is 0 Å². The minimum absolute atomic E-state index is 0.322. The molecule has 0 unspecified atom stereocenters. The van der Waals surface area contributed by atoms with Crippen LogP contribution in [0.5, 0.6) is 0 Å². The van der Waals surface area contributed by atoms with Gasteiger partial charge in [0.15, 0.2) is 0 Å². The fourth-order valence-electron chi connectivity index (χ4n) is 1.98. The van der Waals surface area contributed by atoms with E-state index in [9.17, 15) is 8.42 Å². The van der Waals surface area contributed by atoms with Gasteiger partial charge in [-0.2, -0.15) is 0 Å². The molecule has 5 heteroatoms. The molecule has 0 fully saturated rings. The normalized spacial score (nSPS) is 11.4. The van der Waals surface area contributed by atoms with Crippen LogP contribution in [0.1, 0.15) is 11.1 Å². The molecule has 2 aromatic rings. The number of hydrogen-bond donors (Lipinski definition) is 0. The lowest BCUT2D eigenvalue weighted by atomic mass is 10.1. The summed E-state index contributed by atoms with van der Waals surface area (Å²) >= 11 is 1.59. The van der Waals surface area contributed by atoms with Gasteiger partial charge in [-0.05, 0) is 61.6 Å². The Kier molecular flexibility index (Phi) is 4.64. The van der Waals surface area contributed by atoms with Crippen LogP contribution in [-0.2, 0) is 10.0 Å². The molecule has 2 aromatic carbocycles. The van der Waals surface area contributed by atoms with Crippen LogP contribution >= 0.6 is 11.8 Å². The van der Waals surface area contributed by atoms with E-state index in [1.807, 2.05) is 44.4 Å². The summed E-state index contributed by atoms with van der Waals surface area (Å²) < 4.78 is 26.8. The van der Waals surface area contributed by atoms with E-state index < -0.39 is 10.0 Å². The van der Waals surface area contributed by atoms with Crippen LogP contribution in [0.2, 0.25) is 0 Å². The van der Waals surface area contributed by atoms with Crippen LogP contribution in [0, 0.1) is 13.8 Å². The fourth-order valence-corrected chi connectivity index (χ4v) is 3.70. The van der Waals surface area contributed by atoms with Crippen molar-refractivity contribution in [3.8, 4) is 0 Å². The number of nitrogens with zero attached hydrogens (tertiary/aromatic N) is 1. The van der Waals surface area contributed by atoms with Gasteiger partial charge in [-0.1, -0.05) is 12.1 Å². The molecule has 0 N–H and O–H groups in total. The molecule has 0 aliphatic heterocycles. The van der Waals surface area contributed by atoms with Gasteiger partial charge in [0.25, 0.3) is 10.0 Å². The zero-order chi connectivity index (χ0) is 15.6. The Morgan fingerprint density at radius 1 is 1.00 bits per heavy atom. The zero-order valence-electron chi connectivity index (χ0n) is 12.6. The monoisotopic (exact) mass is 321 g/mol. The van der Waals surface area contributed by atoms with Crippen LogP contribution in [0.25, 0.3) is 0 Å². The van der Waals surface area contributed by atoms with Gasteiger partial charge in [0.1, 0.15) is 0 Å². The summed E-state index contributed by atoms with van der Waals surface area (Å²) in [4.78, 5) is 1.36. The molecular weight excluding hydrogens is 302 g/mol. The third kappa shape index (κ3) is 3.24. The third-order valence-electron chi connectivity index (χ3n) is 3.55. The van der Waals surface area contributed by atoms with Crippen molar-refractivity contribution in [2.24, 2.45) is 0 Å². The first kappa shape index (κ1) is 15.9. The number of anilines is 1. The van der Waals surface area contributed by atoms with Gasteiger partial charge in [0.2, 0.25) is 0 Å². The molecule has 0 heterocycles. The minimum Gasteiger partial charge on any atom is -0.269 e. The molecule has 0 amide bonds. The van der Waals surface area contributed by atoms with Crippen molar-refractivity contribution in [2.45, 2.75) is 23.6 Å². The van der Waals surface area contributed by atoms with E-state index in [0.717, 1.165) is 16.0 Å². The standard InChI is InChI=1S/C16H19NO2S2/c1-12-8-9-16(10-13(12)2)21(18,19)17(3)14-6-5-7-15(11-14)20-4/h5-11H,1-4H3. The average Bonchev–Trinajstić information content (AvgIpc) is 2.49. The number of benzene rings is 2. The highest BCUT2D eigenvalue weighted by Gasteiger charge is 2.21. The highest BCUT2D eigenvalue weighted by atomic mass is 32.2. The molecular formula is C16H19NO2S2. The third-order valence-corrected chi connectivity index (χ3v) is 6.06. The lowest BCUT2D eigenvalue weighted by molar-refractivity contribution is 0.594. The van der Waals surface area contributed by atoms with E-state index in [-0.39, 0.29) is 0 Å². The Labute approximate surface area is 131 Å². The van der Waals surface area contributed by atoms with Crippen LogP contribution < -0.4 is 4.31 Å². The molecule has 0 spiro atoms. The first-order chi connectivity index (χ1) is 9.86. The molecule has 0 aliphatic rings. The summed E-state index contributed by atoms with van der Waals surface area (Å²) in [5.74, 6) is 0. The fraction of sp³-hybridized carbons (Fsp3) is 0.250. The van der Waals surface area contributed by atoms with Crippen molar-refractivity contribution in [2.75, 3.05) is 17.6 Å². The second-order valence-electron chi connectivity index (χ2n) is 4.92. The summed E-state index contributed by atoms with van der Waals surface area (Å²) in [6.45, 7) is 3.89. The van der Waals surface area contributed by atoms with Crippen molar-refractivity contribution in [3.05, 3.63) is 53.6 Å². The van der Waals surface area contributed by atoms with Gasteiger partial charge in [-0.3, -0.25) is 4.31 Å². The first-order valence-electron chi connectivity index (χ1n) is 6.56. The SMILES string of the molecule is CSc1cccc(N(C)S(=O)(=O)c2ccc(C)c(C)c2)c1. The zero-order valence-corrected chi connectivity index (χ0v) is 14.3. The Morgan fingerprint density at radius 2 is 1.71 bits per heavy atom. The molecule has 0 aliphatic carbocycles. The minimum atomic E-state index is -3.53. The molecule has 3 nitrogen and oxygen atoms in total. The first-order valence-corrected chi connectivity index (χ1v) is 9.23. The second kappa shape index (κ2) is 6.12. The summed E-state index contributed by atoms with van der Waals surface area (Å²) in [7, 11) is -1.94. The summed E-state index contributed by atoms with van der Waals surface area (Å²) in [5.41, 5.74) is 2.73. The maximum atomic E-state index is 12.7. The largest absolute Gasteiger partial charge is 0.269 e. The van der Waals surface area contributed by atoms with E-state index in [4.69, 9.17) is 0 Å². The molecule has 0 radical (unpaired) electrons. The molecule has 0 saturated heterocycles. The van der Waals surface area contributed by atoms with E-state index in [2.05, 4.69) is 0 Å². The van der Waals surface area contributed by atoms with Crippen molar-refractivity contribution in [3.63, 3.8) is 0 Å². The van der Waals surface area contributed by atoms with E-state index in [1.165, 1.54) is 4.31 Å². The molecule has 0 bridgehead atoms. The summed E-state index contributed by atoms with van der Waals surface area (Å²) in [6, 6.07) is 12.7.